The van der Waals surface area contributed by atoms with Crippen LogP contribution in [0, 0.1) is 6.92 Å². The summed E-state index contributed by atoms with van der Waals surface area (Å²) in [5, 5.41) is 3.49. The summed E-state index contributed by atoms with van der Waals surface area (Å²) in [6.07, 6.45) is 0.641. The van der Waals surface area contributed by atoms with Crippen molar-refractivity contribution in [3.63, 3.8) is 0 Å². The average Bonchev–Trinajstić information content (AvgIpc) is 2.82. The topological polar surface area (TPSA) is 92.8 Å². The van der Waals surface area contributed by atoms with E-state index in [4.69, 9.17) is 27.9 Å². The van der Waals surface area contributed by atoms with E-state index in [2.05, 4.69) is 5.32 Å². The fraction of sp³-hybridized carbons (Fsp3) is 0.167. The smallest absolute Gasteiger partial charge is 0.264 e. The van der Waals surface area contributed by atoms with Gasteiger partial charge in [0.2, 0.25) is 5.91 Å². The van der Waals surface area contributed by atoms with Crippen LogP contribution in [0.15, 0.2) is 71.6 Å². The van der Waals surface area contributed by atoms with Gasteiger partial charge in [0, 0.05) is 16.6 Å². The second kappa shape index (κ2) is 11.4. The second-order valence-electron chi connectivity index (χ2n) is 7.25. The Balaban J connectivity index is 1.84. The first-order chi connectivity index (χ1) is 16.2. The molecule has 0 unspecified atom stereocenters. The fourth-order valence-electron chi connectivity index (χ4n) is 3.16. The lowest BCUT2D eigenvalue weighted by Gasteiger charge is -2.26. The Labute approximate surface area is 208 Å². The maximum Gasteiger partial charge on any atom is 0.264 e. The van der Waals surface area contributed by atoms with E-state index in [1.165, 1.54) is 24.3 Å². The van der Waals surface area contributed by atoms with E-state index in [0.29, 0.717) is 33.3 Å². The summed E-state index contributed by atoms with van der Waals surface area (Å²) in [6.45, 7) is 1.28. The molecule has 0 heterocycles. The molecule has 3 aromatic carbocycles. The molecule has 0 radical (unpaired) electrons. The molecule has 0 saturated heterocycles. The Hall–Kier alpha value is -3.07. The third-order valence-corrected chi connectivity index (χ3v) is 7.34. The monoisotopic (exact) mass is 520 g/mol. The number of hydrogen-bond donors (Lipinski definition) is 1. The molecule has 0 spiro atoms. The number of nitrogens with one attached hydrogen (secondary N) is 1. The molecule has 0 saturated carbocycles. The van der Waals surface area contributed by atoms with Crippen LogP contribution in [0.2, 0.25) is 10.0 Å². The molecular weight excluding hydrogens is 499 g/mol. The molecule has 0 atom stereocenters. The van der Waals surface area contributed by atoms with E-state index < -0.39 is 22.5 Å². The van der Waals surface area contributed by atoms with Crippen molar-refractivity contribution in [2.75, 3.05) is 17.5 Å². The molecule has 0 aromatic heterocycles. The van der Waals surface area contributed by atoms with Gasteiger partial charge in [0.15, 0.2) is 6.29 Å². The van der Waals surface area contributed by atoms with Crippen LogP contribution in [0.4, 0.5) is 5.69 Å². The number of anilines is 1. The Morgan fingerprint density at radius 3 is 2.47 bits per heavy atom. The number of carbonyl (C=O) groups excluding carboxylic acids is 2. The molecule has 0 bridgehead atoms. The van der Waals surface area contributed by atoms with Gasteiger partial charge >= 0.3 is 0 Å². The molecule has 34 heavy (non-hydrogen) atoms. The predicted octanol–water partition coefficient (Wildman–Crippen LogP) is 4.39. The summed E-state index contributed by atoms with van der Waals surface area (Å²) in [5.41, 5.74) is 1.54. The largest absolute Gasteiger partial charge is 0.486 e. The number of benzene rings is 3. The standard InChI is InChI=1S/C24H22Cl2N2O5S/c1-17-22(26)6-3-7-23(17)28(34(31,32)21-10-8-19(25)9-11-21)16-24(30)27-15-18-4-2-5-20(14-18)33-13-12-29/h2-12,14H,13,15-16H2,1H3,(H,27,30). The molecule has 0 fully saturated rings. The first kappa shape index (κ1) is 25.6. The molecule has 3 rings (SSSR count). The lowest BCUT2D eigenvalue weighted by atomic mass is 10.2. The normalized spacial score (nSPS) is 11.0. The molecule has 10 heteroatoms. The average molecular weight is 521 g/mol. The summed E-state index contributed by atoms with van der Waals surface area (Å²) in [6, 6.07) is 17.5. The van der Waals surface area contributed by atoms with E-state index in [1.54, 1.807) is 49.4 Å². The predicted molar refractivity (Wildman–Crippen MR) is 132 cm³/mol. The van der Waals surface area contributed by atoms with Crippen LogP contribution in [-0.2, 0) is 26.2 Å². The molecule has 178 valence electrons. The Morgan fingerprint density at radius 2 is 1.76 bits per heavy atom. The molecule has 0 aliphatic rings. The number of carbonyl (C=O) groups is 2. The minimum Gasteiger partial charge on any atom is -0.486 e. The minimum atomic E-state index is -4.10. The summed E-state index contributed by atoms with van der Waals surface area (Å²) < 4.78 is 33.2. The molecule has 1 amide bonds. The van der Waals surface area contributed by atoms with E-state index >= 15 is 0 Å². The van der Waals surface area contributed by atoms with Gasteiger partial charge in [-0.05, 0) is 66.6 Å². The number of halogens is 2. The maximum atomic E-state index is 13.5. The van der Waals surface area contributed by atoms with Crippen molar-refractivity contribution in [3.05, 3.63) is 87.9 Å². The van der Waals surface area contributed by atoms with Crippen LogP contribution in [0.1, 0.15) is 11.1 Å². The van der Waals surface area contributed by atoms with Crippen LogP contribution in [-0.4, -0.2) is 33.8 Å². The van der Waals surface area contributed by atoms with Gasteiger partial charge in [-0.3, -0.25) is 13.9 Å². The van der Waals surface area contributed by atoms with Crippen LogP contribution in [0.3, 0.4) is 0 Å². The molecule has 3 aromatic rings. The minimum absolute atomic E-state index is 0.0101. The quantitative estimate of drug-likeness (QED) is 0.400. The maximum absolute atomic E-state index is 13.5. The lowest BCUT2D eigenvalue weighted by molar-refractivity contribution is -0.119. The molecule has 7 nitrogen and oxygen atoms in total. The third-order valence-electron chi connectivity index (χ3n) is 4.90. The van der Waals surface area contributed by atoms with Crippen molar-refractivity contribution < 1.29 is 22.7 Å². The summed E-state index contributed by atoms with van der Waals surface area (Å²) >= 11 is 12.1. The van der Waals surface area contributed by atoms with Gasteiger partial charge in [-0.15, -0.1) is 0 Å². The number of aldehydes is 1. The zero-order valence-electron chi connectivity index (χ0n) is 18.2. The number of rotatable bonds is 10. The van der Waals surface area contributed by atoms with E-state index in [1.807, 2.05) is 0 Å². The van der Waals surface area contributed by atoms with Crippen LogP contribution in [0.5, 0.6) is 5.75 Å². The van der Waals surface area contributed by atoms with Gasteiger partial charge in [-0.25, -0.2) is 8.42 Å². The van der Waals surface area contributed by atoms with Gasteiger partial charge in [0.05, 0.1) is 10.6 Å². The first-order valence-corrected chi connectivity index (χ1v) is 12.4. The second-order valence-corrected chi connectivity index (χ2v) is 9.96. The van der Waals surface area contributed by atoms with Crippen molar-refractivity contribution in [2.45, 2.75) is 18.4 Å². The van der Waals surface area contributed by atoms with Crippen molar-refractivity contribution >= 4 is 51.1 Å². The highest BCUT2D eigenvalue weighted by molar-refractivity contribution is 7.92. The lowest BCUT2D eigenvalue weighted by Crippen LogP contribution is -2.41. The van der Waals surface area contributed by atoms with Crippen molar-refractivity contribution in [3.8, 4) is 5.75 Å². The van der Waals surface area contributed by atoms with Gasteiger partial charge in [0.1, 0.15) is 18.9 Å². The van der Waals surface area contributed by atoms with Gasteiger partial charge in [-0.2, -0.15) is 0 Å². The van der Waals surface area contributed by atoms with Crippen molar-refractivity contribution in [1.82, 2.24) is 5.32 Å². The Bertz CT molecular complexity index is 1280. The number of sulfonamides is 1. The Kier molecular flexibility index (Phi) is 8.55. The van der Waals surface area contributed by atoms with Crippen molar-refractivity contribution in [1.29, 1.82) is 0 Å². The van der Waals surface area contributed by atoms with Gasteiger partial charge < -0.3 is 10.1 Å². The van der Waals surface area contributed by atoms with Crippen LogP contribution in [0.25, 0.3) is 0 Å². The molecule has 1 N–H and O–H groups in total. The molecule has 0 aliphatic carbocycles. The summed E-state index contributed by atoms with van der Waals surface area (Å²) in [4.78, 5) is 23.3. The fourth-order valence-corrected chi connectivity index (χ4v) is 4.94. The number of amides is 1. The highest BCUT2D eigenvalue weighted by Gasteiger charge is 2.28. The SMILES string of the molecule is Cc1c(Cl)cccc1N(CC(=O)NCc1cccc(OCC=O)c1)S(=O)(=O)c1ccc(Cl)cc1. The van der Waals surface area contributed by atoms with Gasteiger partial charge in [-0.1, -0.05) is 41.4 Å². The highest BCUT2D eigenvalue weighted by Crippen LogP contribution is 2.31. The summed E-state index contributed by atoms with van der Waals surface area (Å²) in [7, 11) is -4.10. The van der Waals surface area contributed by atoms with E-state index in [0.717, 1.165) is 9.87 Å². The van der Waals surface area contributed by atoms with Crippen molar-refractivity contribution in [2.24, 2.45) is 0 Å². The summed E-state index contributed by atoms with van der Waals surface area (Å²) in [5.74, 6) is -0.0310. The molecular formula is C24H22Cl2N2O5S. The van der Waals surface area contributed by atoms with Gasteiger partial charge in [0.25, 0.3) is 10.0 Å². The van der Waals surface area contributed by atoms with E-state index in [-0.39, 0.29) is 18.0 Å². The number of ether oxygens (including phenoxy) is 1. The number of nitrogens with zero attached hydrogens (tertiary/aromatic N) is 1. The van der Waals surface area contributed by atoms with Crippen LogP contribution >= 0.6 is 23.2 Å². The zero-order valence-corrected chi connectivity index (χ0v) is 20.5. The zero-order chi connectivity index (χ0) is 24.7. The Morgan fingerprint density at radius 1 is 1.06 bits per heavy atom. The third kappa shape index (κ3) is 6.28. The number of hydrogen-bond acceptors (Lipinski definition) is 5. The first-order valence-electron chi connectivity index (χ1n) is 10.2. The molecule has 0 aliphatic heterocycles. The van der Waals surface area contributed by atoms with Crippen LogP contribution < -0.4 is 14.4 Å². The van der Waals surface area contributed by atoms with E-state index in [9.17, 15) is 18.0 Å². The highest BCUT2D eigenvalue weighted by atomic mass is 35.5.